The molecule has 29 heavy (non-hydrogen) atoms. The molecule has 0 saturated carbocycles. The first kappa shape index (κ1) is 19.4. The average Bonchev–Trinajstić information content (AvgIpc) is 3.04. The van der Waals surface area contributed by atoms with Gasteiger partial charge in [-0.2, -0.15) is 0 Å². The van der Waals surface area contributed by atoms with Crippen molar-refractivity contribution in [2.24, 2.45) is 5.92 Å². The first-order valence-corrected chi connectivity index (χ1v) is 9.60. The zero-order valence-corrected chi connectivity index (χ0v) is 17.0. The Hall–Kier alpha value is -2.96. The number of ketones is 1. The molecule has 1 aromatic carbocycles. The normalized spacial score (nSPS) is 23.7. The number of hydrogen-bond acceptors (Lipinski definition) is 6. The molecule has 2 heterocycles. The van der Waals surface area contributed by atoms with Crippen molar-refractivity contribution in [1.82, 2.24) is 0 Å². The van der Waals surface area contributed by atoms with Gasteiger partial charge in [0.1, 0.15) is 30.6 Å². The lowest BCUT2D eigenvalue weighted by atomic mass is 9.55. The number of Topliss-reactive ketones (excluding diaryl/α,β-unsaturated/α-hetero) is 1. The van der Waals surface area contributed by atoms with E-state index in [2.05, 4.69) is 0 Å². The van der Waals surface area contributed by atoms with Crippen LogP contribution in [0.2, 0.25) is 12.6 Å². The number of carbonyl (C=O) groups excluding carboxylic acids is 2. The van der Waals surface area contributed by atoms with Crippen molar-refractivity contribution in [3.05, 3.63) is 46.4 Å². The standard InChI is InChI=1S/C22H22BO6/c1-9-6-14(15-7-13(24)8-27-15)16-19(10(9)2)28-20-11(3)17(23-5)18(25)12(4)21(20)29-22(16)26/h6-8,11,17,20,24H,1-5H3. The van der Waals surface area contributed by atoms with Gasteiger partial charge in [0.25, 0.3) is 0 Å². The van der Waals surface area contributed by atoms with Gasteiger partial charge < -0.3 is 19.0 Å². The maximum atomic E-state index is 13.2. The van der Waals surface area contributed by atoms with E-state index in [1.54, 1.807) is 6.92 Å². The van der Waals surface area contributed by atoms with E-state index in [4.69, 9.17) is 13.9 Å². The van der Waals surface area contributed by atoms with Crippen molar-refractivity contribution in [2.45, 2.75) is 46.4 Å². The molecule has 4 rings (SSSR count). The van der Waals surface area contributed by atoms with E-state index in [1.165, 1.54) is 12.3 Å². The summed E-state index contributed by atoms with van der Waals surface area (Å²) in [5.74, 6) is -0.180. The summed E-state index contributed by atoms with van der Waals surface area (Å²) in [6.45, 7) is 9.25. The molecule has 3 unspecified atom stereocenters. The van der Waals surface area contributed by atoms with Crippen molar-refractivity contribution in [1.29, 1.82) is 0 Å². The van der Waals surface area contributed by atoms with Crippen LogP contribution in [0.4, 0.5) is 0 Å². The fourth-order valence-corrected chi connectivity index (χ4v) is 4.18. The van der Waals surface area contributed by atoms with Gasteiger partial charge in [0, 0.05) is 23.1 Å². The Morgan fingerprint density at radius 2 is 1.86 bits per heavy atom. The smallest absolute Gasteiger partial charge is 0.347 e. The Morgan fingerprint density at radius 1 is 1.14 bits per heavy atom. The molecule has 1 radical (unpaired) electrons. The molecule has 1 N–H and O–H groups in total. The van der Waals surface area contributed by atoms with Crippen LogP contribution >= 0.6 is 0 Å². The number of aryl methyl sites for hydroxylation is 1. The molecule has 1 aromatic heterocycles. The van der Waals surface area contributed by atoms with Gasteiger partial charge in [-0.25, -0.2) is 4.79 Å². The Bertz CT molecular complexity index is 1060. The van der Waals surface area contributed by atoms with E-state index in [-0.39, 0.29) is 34.6 Å². The second kappa shape index (κ2) is 6.83. The number of aromatic hydroxyl groups is 1. The Labute approximate surface area is 169 Å². The molecular formula is C22H22BO6. The highest BCUT2D eigenvalue weighted by Crippen LogP contribution is 2.45. The van der Waals surface area contributed by atoms with Crippen LogP contribution in [0.5, 0.6) is 11.5 Å². The molecular weight excluding hydrogens is 371 g/mol. The van der Waals surface area contributed by atoms with Gasteiger partial charge in [-0.15, -0.1) is 0 Å². The monoisotopic (exact) mass is 393 g/mol. The second-order valence-electron chi connectivity index (χ2n) is 7.74. The summed E-state index contributed by atoms with van der Waals surface area (Å²) in [6.07, 6.45) is 0.645. The van der Waals surface area contributed by atoms with E-state index < -0.39 is 12.1 Å². The molecule has 6 nitrogen and oxygen atoms in total. The van der Waals surface area contributed by atoms with Crippen LogP contribution in [-0.4, -0.2) is 30.2 Å². The molecule has 3 atom stereocenters. The van der Waals surface area contributed by atoms with Crippen LogP contribution in [0, 0.1) is 19.8 Å². The van der Waals surface area contributed by atoms with Crippen LogP contribution < -0.4 is 4.74 Å². The molecule has 7 heteroatoms. The lowest BCUT2D eigenvalue weighted by Crippen LogP contribution is -2.41. The summed E-state index contributed by atoms with van der Waals surface area (Å²) in [6, 6.07) is 3.25. The van der Waals surface area contributed by atoms with E-state index >= 15 is 0 Å². The van der Waals surface area contributed by atoms with Gasteiger partial charge in [0.2, 0.25) is 0 Å². The van der Waals surface area contributed by atoms with Gasteiger partial charge in [-0.1, -0.05) is 13.7 Å². The van der Waals surface area contributed by atoms with Crippen molar-refractivity contribution in [3.8, 4) is 22.8 Å². The fourth-order valence-electron chi connectivity index (χ4n) is 4.18. The Morgan fingerprint density at radius 3 is 2.48 bits per heavy atom. The molecule has 0 spiro atoms. The highest BCUT2D eigenvalue weighted by atomic mass is 16.6. The van der Waals surface area contributed by atoms with Gasteiger partial charge in [-0.05, 0) is 43.8 Å². The average molecular weight is 393 g/mol. The minimum atomic E-state index is -0.607. The molecule has 0 amide bonds. The quantitative estimate of drug-likeness (QED) is 0.607. The molecule has 1 aliphatic heterocycles. The van der Waals surface area contributed by atoms with E-state index in [1.807, 2.05) is 40.9 Å². The lowest BCUT2D eigenvalue weighted by Gasteiger charge is -2.35. The molecule has 0 saturated heterocycles. The van der Waals surface area contributed by atoms with Crippen LogP contribution in [0.3, 0.4) is 0 Å². The second-order valence-corrected chi connectivity index (χ2v) is 7.74. The number of benzene rings is 1. The Kier molecular flexibility index (Phi) is 4.56. The van der Waals surface area contributed by atoms with Crippen LogP contribution in [0.15, 0.2) is 34.1 Å². The number of carbonyl (C=O) groups is 2. The summed E-state index contributed by atoms with van der Waals surface area (Å²) >= 11 is 0. The highest BCUT2D eigenvalue weighted by Gasteiger charge is 2.45. The van der Waals surface area contributed by atoms with E-state index in [0.29, 0.717) is 22.6 Å². The van der Waals surface area contributed by atoms with Gasteiger partial charge in [0.15, 0.2) is 23.4 Å². The molecule has 2 aromatic rings. The summed E-state index contributed by atoms with van der Waals surface area (Å²) in [7, 11) is 1.87. The number of allylic oxidation sites excluding steroid dienone is 1. The summed E-state index contributed by atoms with van der Waals surface area (Å²) in [5, 5.41) is 9.70. The van der Waals surface area contributed by atoms with Crippen molar-refractivity contribution >= 4 is 19.0 Å². The third kappa shape index (κ3) is 2.87. The maximum Gasteiger partial charge on any atom is 0.347 e. The predicted molar refractivity (Wildman–Crippen MR) is 107 cm³/mol. The van der Waals surface area contributed by atoms with Crippen molar-refractivity contribution < 1.29 is 28.6 Å². The summed E-state index contributed by atoms with van der Waals surface area (Å²) < 4.78 is 17.6. The minimum Gasteiger partial charge on any atom is -0.505 e. The summed E-state index contributed by atoms with van der Waals surface area (Å²) in [5.41, 5.74) is 2.84. The van der Waals surface area contributed by atoms with Gasteiger partial charge >= 0.3 is 5.97 Å². The minimum absolute atomic E-state index is 0.0392. The van der Waals surface area contributed by atoms with Crippen molar-refractivity contribution in [2.75, 3.05) is 0 Å². The molecule has 0 bridgehead atoms. The molecule has 0 fully saturated rings. The number of esters is 1. The van der Waals surface area contributed by atoms with E-state index in [0.717, 1.165) is 11.1 Å². The number of rotatable bonds is 2. The molecule has 1 aliphatic carbocycles. The number of hydrogen-bond donors (Lipinski definition) is 1. The number of fused-ring (bicyclic) bond motifs is 2. The molecule has 149 valence electrons. The largest absolute Gasteiger partial charge is 0.505 e. The first-order valence-electron chi connectivity index (χ1n) is 9.60. The van der Waals surface area contributed by atoms with Gasteiger partial charge in [0.05, 0.1) is 0 Å². The first-order chi connectivity index (χ1) is 13.7. The third-order valence-corrected chi connectivity index (χ3v) is 6.00. The summed E-state index contributed by atoms with van der Waals surface area (Å²) in [4.78, 5) is 25.9. The van der Waals surface area contributed by atoms with Crippen LogP contribution in [0.1, 0.15) is 35.3 Å². The molecule has 2 aliphatic rings. The topological polar surface area (TPSA) is 86.0 Å². The lowest BCUT2D eigenvalue weighted by molar-refractivity contribution is -0.118. The zero-order chi connectivity index (χ0) is 21.0. The van der Waals surface area contributed by atoms with Crippen molar-refractivity contribution in [3.63, 3.8) is 0 Å². The number of ether oxygens (including phenoxy) is 2. The zero-order valence-electron chi connectivity index (χ0n) is 17.0. The van der Waals surface area contributed by atoms with Gasteiger partial charge in [-0.3, -0.25) is 4.79 Å². The maximum absolute atomic E-state index is 13.2. The third-order valence-electron chi connectivity index (χ3n) is 6.00. The predicted octanol–water partition coefficient (Wildman–Crippen LogP) is 4.22. The fraction of sp³-hybridized carbons (Fsp3) is 0.364. The highest BCUT2D eigenvalue weighted by molar-refractivity contribution is 6.44. The SMILES string of the molecule is C[B]C1C(=O)C(C)=C2OC(=O)c3c(-c4cc(O)co4)cc(C)c(C)c3OC2C1C. The Balaban J connectivity index is 1.95. The number of furan rings is 1. The van der Waals surface area contributed by atoms with Crippen LogP contribution in [0.25, 0.3) is 11.3 Å². The van der Waals surface area contributed by atoms with E-state index in [9.17, 15) is 14.7 Å². The van der Waals surface area contributed by atoms with Crippen LogP contribution in [-0.2, 0) is 9.53 Å².